The number of benzene rings is 2. The van der Waals surface area contributed by atoms with E-state index in [2.05, 4.69) is 15.5 Å². The van der Waals surface area contributed by atoms with E-state index < -0.39 is 6.04 Å². The predicted molar refractivity (Wildman–Crippen MR) is 90.6 cm³/mol. The monoisotopic (exact) mass is 341 g/mol. The summed E-state index contributed by atoms with van der Waals surface area (Å²) in [4.78, 5) is 16.7. The molecule has 1 atom stereocenters. The third-order valence-electron chi connectivity index (χ3n) is 3.51. The molecule has 24 heavy (non-hydrogen) atoms. The van der Waals surface area contributed by atoms with Crippen LogP contribution in [0, 0.1) is 6.92 Å². The molecule has 1 N–H and O–H groups in total. The molecule has 0 bridgehead atoms. The third-order valence-corrected chi connectivity index (χ3v) is 3.76. The van der Waals surface area contributed by atoms with E-state index >= 15 is 0 Å². The number of nitrogens with one attached hydrogen (secondary N) is 1. The molecular weight excluding hydrogens is 326 g/mol. The lowest BCUT2D eigenvalue weighted by molar-refractivity contribution is -0.121. The van der Waals surface area contributed by atoms with Crippen LogP contribution in [0.4, 0.5) is 0 Å². The summed E-state index contributed by atoms with van der Waals surface area (Å²) in [5.41, 5.74) is 1.76. The first-order chi connectivity index (χ1) is 11.6. The highest BCUT2D eigenvalue weighted by molar-refractivity contribution is 6.30. The second-order valence-corrected chi connectivity index (χ2v) is 5.83. The van der Waals surface area contributed by atoms with Crippen molar-refractivity contribution in [2.24, 2.45) is 0 Å². The molecule has 0 fully saturated rings. The van der Waals surface area contributed by atoms with Crippen LogP contribution in [0.15, 0.2) is 59.1 Å². The van der Waals surface area contributed by atoms with Gasteiger partial charge in [-0.15, -0.1) is 0 Å². The van der Waals surface area contributed by atoms with Crippen molar-refractivity contribution in [1.29, 1.82) is 0 Å². The maximum atomic E-state index is 12.4. The van der Waals surface area contributed by atoms with Crippen molar-refractivity contribution in [1.82, 2.24) is 15.5 Å². The largest absolute Gasteiger partial charge is 0.340 e. The number of aryl methyl sites for hydroxylation is 1. The Hall–Kier alpha value is -2.66. The summed E-state index contributed by atoms with van der Waals surface area (Å²) in [5.74, 6) is 0.753. The Balaban J connectivity index is 1.79. The highest BCUT2D eigenvalue weighted by Crippen LogP contribution is 2.20. The molecule has 1 amide bonds. The molecule has 0 aliphatic heterocycles. The van der Waals surface area contributed by atoms with Crippen molar-refractivity contribution >= 4 is 17.5 Å². The Bertz CT molecular complexity index is 816. The van der Waals surface area contributed by atoms with E-state index in [0.29, 0.717) is 16.7 Å². The van der Waals surface area contributed by atoms with E-state index in [1.54, 1.807) is 19.1 Å². The third kappa shape index (κ3) is 4.00. The molecule has 0 unspecified atom stereocenters. The van der Waals surface area contributed by atoms with Gasteiger partial charge in [0.2, 0.25) is 5.91 Å². The van der Waals surface area contributed by atoms with Crippen LogP contribution < -0.4 is 5.32 Å². The Kier molecular flexibility index (Phi) is 4.91. The van der Waals surface area contributed by atoms with Gasteiger partial charge < -0.3 is 9.84 Å². The zero-order valence-electron chi connectivity index (χ0n) is 13.1. The molecule has 0 saturated heterocycles. The fourth-order valence-electron chi connectivity index (χ4n) is 2.36. The number of hydrogen-bond donors (Lipinski definition) is 1. The highest BCUT2D eigenvalue weighted by atomic mass is 35.5. The number of amides is 1. The van der Waals surface area contributed by atoms with E-state index in [1.165, 1.54) is 0 Å². The van der Waals surface area contributed by atoms with Crippen LogP contribution in [0.2, 0.25) is 5.02 Å². The number of halogens is 1. The zero-order valence-corrected chi connectivity index (χ0v) is 13.8. The molecule has 0 radical (unpaired) electrons. The normalized spacial score (nSPS) is 11.9. The first-order valence-electron chi connectivity index (χ1n) is 7.51. The molecule has 1 heterocycles. The molecule has 1 aromatic heterocycles. The van der Waals surface area contributed by atoms with Crippen molar-refractivity contribution in [3.63, 3.8) is 0 Å². The van der Waals surface area contributed by atoms with Crippen LogP contribution in [0.1, 0.15) is 28.9 Å². The Labute approximate surface area is 144 Å². The zero-order chi connectivity index (χ0) is 16.9. The van der Waals surface area contributed by atoms with E-state index in [9.17, 15) is 4.79 Å². The van der Waals surface area contributed by atoms with E-state index in [0.717, 1.165) is 11.1 Å². The molecular formula is C18H16ClN3O2. The van der Waals surface area contributed by atoms with Gasteiger partial charge in [-0.2, -0.15) is 4.98 Å². The van der Waals surface area contributed by atoms with Gasteiger partial charge in [-0.3, -0.25) is 4.79 Å². The highest BCUT2D eigenvalue weighted by Gasteiger charge is 2.22. The molecule has 0 saturated carbocycles. The van der Waals surface area contributed by atoms with Crippen molar-refractivity contribution in [3.05, 3.63) is 82.5 Å². The lowest BCUT2D eigenvalue weighted by Crippen LogP contribution is -2.30. The summed E-state index contributed by atoms with van der Waals surface area (Å²) in [6.45, 7) is 1.74. The molecule has 6 heteroatoms. The van der Waals surface area contributed by atoms with Crippen molar-refractivity contribution < 1.29 is 9.32 Å². The average Bonchev–Trinajstić information content (AvgIpc) is 3.02. The quantitative estimate of drug-likeness (QED) is 0.771. The van der Waals surface area contributed by atoms with Gasteiger partial charge in [-0.25, -0.2) is 0 Å². The van der Waals surface area contributed by atoms with Crippen LogP contribution in [0.3, 0.4) is 0 Å². The maximum Gasteiger partial charge on any atom is 0.253 e. The number of nitrogens with zero attached hydrogens (tertiary/aromatic N) is 2. The lowest BCUT2D eigenvalue weighted by Gasteiger charge is -2.15. The fraction of sp³-hybridized carbons (Fsp3) is 0.167. The summed E-state index contributed by atoms with van der Waals surface area (Å²) < 4.78 is 5.25. The van der Waals surface area contributed by atoms with Crippen LogP contribution in [-0.2, 0) is 11.2 Å². The van der Waals surface area contributed by atoms with Crippen molar-refractivity contribution in [2.45, 2.75) is 19.4 Å². The molecule has 5 nitrogen and oxygen atoms in total. The first kappa shape index (κ1) is 16.2. The number of rotatable bonds is 5. The van der Waals surface area contributed by atoms with Gasteiger partial charge in [-0.05, 0) is 30.2 Å². The molecule has 0 spiro atoms. The minimum atomic E-state index is -0.479. The van der Waals surface area contributed by atoms with Crippen molar-refractivity contribution in [3.8, 4) is 0 Å². The molecule has 0 aliphatic carbocycles. The standard InChI is InChI=1S/C18H16ClN3O2/c1-12-20-18(24-22-12)17(14-5-3-2-4-6-14)21-16(23)11-13-7-9-15(19)10-8-13/h2-10,17H,11H2,1H3,(H,21,23)/t17-/m1/s1. The second-order valence-electron chi connectivity index (χ2n) is 5.39. The summed E-state index contributed by atoms with van der Waals surface area (Å²) >= 11 is 5.87. The van der Waals surface area contributed by atoms with Crippen LogP contribution >= 0.6 is 11.6 Å². The first-order valence-corrected chi connectivity index (χ1v) is 7.88. The van der Waals surface area contributed by atoms with E-state index in [-0.39, 0.29) is 12.3 Å². The van der Waals surface area contributed by atoms with Crippen LogP contribution in [0.5, 0.6) is 0 Å². The minimum Gasteiger partial charge on any atom is -0.340 e. The van der Waals surface area contributed by atoms with Crippen molar-refractivity contribution in [2.75, 3.05) is 0 Å². The molecule has 3 aromatic rings. The average molecular weight is 342 g/mol. The van der Waals surface area contributed by atoms with Gasteiger partial charge in [0.1, 0.15) is 6.04 Å². The Morgan fingerprint density at radius 2 is 1.88 bits per heavy atom. The smallest absolute Gasteiger partial charge is 0.253 e. The molecule has 2 aromatic carbocycles. The summed E-state index contributed by atoms with van der Waals surface area (Å²) in [7, 11) is 0. The number of hydrogen-bond acceptors (Lipinski definition) is 4. The van der Waals surface area contributed by atoms with Gasteiger partial charge >= 0.3 is 0 Å². The number of carbonyl (C=O) groups is 1. The summed E-state index contributed by atoms with van der Waals surface area (Å²) in [6.07, 6.45) is 0.244. The SMILES string of the molecule is Cc1noc([C@H](NC(=O)Cc2ccc(Cl)cc2)c2ccccc2)n1. The molecule has 0 aliphatic rings. The maximum absolute atomic E-state index is 12.4. The van der Waals surface area contributed by atoms with Gasteiger partial charge in [0.25, 0.3) is 5.89 Å². The predicted octanol–water partition coefficient (Wildman–Crippen LogP) is 3.48. The molecule has 3 rings (SSSR count). The lowest BCUT2D eigenvalue weighted by atomic mass is 10.1. The van der Waals surface area contributed by atoms with E-state index in [1.807, 2.05) is 42.5 Å². The topological polar surface area (TPSA) is 68.0 Å². The van der Waals surface area contributed by atoms with Crippen LogP contribution in [-0.4, -0.2) is 16.0 Å². The van der Waals surface area contributed by atoms with Gasteiger partial charge in [0.05, 0.1) is 6.42 Å². The Morgan fingerprint density at radius 1 is 1.17 bits per heavy atom. The Morgan fingerprint density at radius 3 is 2.50 bits per heavy atom. The van der Waals surface area contributed by atoms with E-state index in [4.69, 9.17) is 16.1 Å². The second kappa shape index (κ2) is 7.27. The summed E-state index contributed by atoms with van der Waals surface area (Å²) in [6, 6.07) is 16.2. The number of carbonyl (C=O) groups excluding carboxylic acids is 1. The molecule has 122 valence electrons. The van der Waals surface area contributed by atoms with Gasteiger partial charge in [0, 0.05) is 5.02 Å². The fourth-order valence-corrected chi connectivity index (χ4v) is 2.49. The van der Waals surface area contributed by atoms with Crippen LogP contribution in [0.25, 0.3) is 0 Å². The minimum absolute atomic E-state index is 0.137. The number of aromatic nitrogens is 2. The van der Waals surface area contributed by atoms with Gasteiger partial charge in [0.15, 0.2) is 5.82 Å². The van der Waals surface area contributed by atoms with Gasteiger partial charge in [-0.1, -0.05) is 59.2 Å². The summed E-state index contributed by atoms with van der Waals surface area (Å²) in [5, 5.41) is 7.41.